The molecule has 0 radical (unpaired) electrons. The van der Waals surface area contributed by atoms with Crippen LogP contribution in [0.4, 0.5) is 0 Å². The Labute approximate surface area is 304 Å². The molecule has 0 bridgehead atoms. The number of rotatable bonds is 9. The van der Waals surface area contributed by atoms with Crippen molar-refractivity contribution in [2.45, 2.75) is 153 Å². The highest BCUT2D eigenvalue weighted by Gasteiger charge is 2.52. The monoisotopic (exact) mass is 717 g/mol. The summed E-state index contributed by atoms with van der Waals surface area (Å²) in [6, 6.07) is 0.288. The predicted octanol–water partition coefficient (Wildman–Crippen LogP) is 5.15. The fourth-order valence-electron chi connectivity index (χ4n) is 10.1. The van der Waals surface area contributed by atoms with E-state index in [1.54, 1.807) is 21.3 Å². The third-order valence-corrected chi connectivity index (χ3v) is 13.0. The van der Waals surface area contributed by atoms with Crippen LogP contribution in [0.2, 0.25) is 0 Å². The lowest BCUT2D eigenvalue weighted by Gasteiger charge is -2.44. The largest absolute Gasteiger partial charge is 0.462 e. The fourth-order valence-corrected chi connectivity index (χ4v) is 10.1. The Morgan fingerprint density at radius 3 is 2.29 bits per heavy atom. The molecule has 4 fully saturated rings. The Balaban J connectivity index is 1.21. The summed E-state index contributed by atoms with van der Waals surface area (Å²) in [5, 5.41) is 3.34. The molecule has 11 heteroatoms. The van der Waals surface area contributed by atoms with Crippen molar-refractivity contribution in [1.29, 1.82) is 0 Å². The average Bonchev–Trinajstić information content (AvgIpc) is 3.70. The van der Waals surface area contributed by atoms with Crippen LogP contribution in [0.15, 0.2) is 23.8 Å². The van der Waals surface area contributed by atoms with E-state index in [0.717, 1.165) is 50.5 Å². The number of ketones is 1. The number of nitrogens with one attached hydrogen (secondary N) is 1. The Hall–Kier alpha value is -1.70. The molecule has 3 heterocycles. The van der Waals surface area contributed by atoms with Gasteiger partial charge in [-0.05, 0) is 102 Å². The molecule has 288 valence electrons. The maximum atomic E-state index is 14.6. The lowest BCUT2D eigenvalue weighted by atomic mass is 9.70. The standard InChI is InChI=1S/C40H63NO10/c1-9-25-11-10-12-33(51-35-16-15-32(41-5)22(3)47-35)21(2)36(43)31-19-29-27(30(31)20-34(42)49-25)14-13-24-17-26(18-28(24)29)50-40-39(46-8)38(45-7)37(44-6)23(4)48-40/h13-14,19,21-30,32-33,35,37-41H,9-12,15-18,20H2,1-8H3/t21-,22-,23+,24-,25+,26-,27-,28+,29-,30-,32+,33+,35+,37+,38-,39-,40+/m1/s1. The van der Waals surface area contributed by atoms with Gasteiger partial charge in [0, 0.05) is 39.2 Å². The van der Waals surface area contributed by atoms with Gasteiger partial charge in [-0.3, -0.25) is 9.59 Å². The van der Waals surface area contributed by atoms with E-state index in [0.29, 0.717) is 12.3 Å². The average molecular weight is 718 g/mol. The number of ether oxygens (including phenoxy) is 8. The van der Waals surface area contributed by atoms with Gasteiger partial charge in [-0.1, -0.05) is 32.1 Å². The highest BCUT2D eigenvalue weighted by molar-refractivity contribution is 5.99. The van der Waals surface area contributed by atoms with E-state index in [9.17, 15) is 9.59 Å². The smallest absolute Gasteiger partial charge is 0.306 e. The number of likely N-dealkylation sites (N-methyl/N-ethyl adjacent to an activating group) is 1. The molecule has 3 aliphatic carbocycles. The Bertz CT molecular complexity index is 1260. The van der Waals surface area contributed by atoms with Gasteiger partial charge in [0.15, 0.2) is 18.4 Å². The molecule has 0 aromatic heterocycles. The second-order valence-corrected chi connectivity index (χ2v) is 15.9. The van der Waals surface area contributed by atoms with Gasteiger partial charge in [0.05, 0.1) is 30.8 Å². The first-order chi connectivity index (χ1) is 24.6. The first kappa shape index (κ1) is 39.0. The molecule has 0 amide bonds. The molecule has 6 rings (SSSR count). The summed E-state index contributed by atoms with van der Waals surface area (Å²) in [4.78, 5) is 28.1. The van der Waals surface area contributed by atoms with E-state index in [4.69, 9.17) is 37.9 Å². The number of methoxy groups -OCH3 is 3. The Morgan fingerprint density at radius 1 is 0.843 bits per heavy atom. The van der Waals surface area contributed by atoms with Gasteiger partial charge in [0.1, 0.15) is 24.4 Å². The molecule has 0 unspecified atom stereocenters. The minimum atomic E-state index is -0.593. The van der Waals surface area contributed by atoms with Crippen LogP contribution in [0, 0.1) is 35.5 Å². The van der Waals surface area contributed by atoms with Crippen LogP contribution in [-0.2, 0) is 47.5 Å². The molecule has 3 aliphatic heterocycles. The number of hydrogen-bond acceptors (Lipinski definition) is 11. The molecule has 51 heavy (non-hydrogen) atoms. The fraction of sp³-hybridized carbons (Fsp3) is 0.850. The van der Waals surface area contributed by atoms with Crippen LogP contribution in [-0.4, -0.2) is 108 Å². The van der Waals surface area contributed by atoms with Crippen LogP contribution >= 0.6 is 0 Å². The van der Waals surface area contributed by atoms with Crippen LogP contribution in [0.25, 0.3) is 0 Å². The molecule has 0 spiro atoms. The first-order valence-corrected chi connectivity index (χ1v) is 19.6. The SMILES string of the molecule is CC[C@H]1CCC[C@H](O[C@H]2CC[C@H](NC)[C@@H](C)O2)[C@@H](C)C(=O)C2=C[C@@H]3[C@@H](C=C[C@@H]4C[C@@H](O[C@@H]5O[C@@H](C)[C@H](OC)[C@@H](OC)[C@H]5OC)C[C@H]34)[C@H]2CC(=O)O1. The molecule has 0 aromatic rings. The van der Waals surface area contributed by atoms with Crippen molar-refractivity contribution in [3.8, 4) is 0 Å². The van der Waals surface area contributed by atoms with Gasteiger partial charge < -0.3 is 43.2 Å². The van der Waals surface area contributed by atoms with Crippen molar-refractivity contribution < 1.29 is 47.5 Å². The van der Waals surface area contributed by atoms with Gasteiger partial charge in [0.2, 0.25) is 0 Å². The van der Waals surface area contributed by atoms with Crippen LogP contribution < -0.4 is 5.32 Å². The van der Waals surface area contributed by atoms with Gasteiger partial charge in [-0.15, -0.1) is 0 Å². The molecular formula is C40H63NO10. The number of Topliss-reactive ketones (excluding diaryl/α,β-unsaturated/α-hetero) is 1. The highest BCUT2D eigenvalue weighted by atomic mass is 16.7. The summed E-state index contributed by atoms with van der Waals surface area (Å²) in [6.07, 6.45) is 10.8. The quantitative estimate of drug-likeness (QED) is 0.252. The van der Waals surface area contributed by atoms with Gasteiger partial charge in [-0.2, -0.15) is 0 Å². The van der Waals surface area contributed by atoms with Crippen LogP contribution in [0.1, 0.15) is 85.5 Å². The minimum Gasteiger partial charge on any atom is -0.462 e. The van der Waals surface area contributed by atoms with Crippen molar-refractivity contribution in [2.24, 2.45) is 35.5 Å². The number of fused-ring (bicyclic) bond motifs is 5. The molecule has 1 saturated carbocycles. The van der Waals surface area contributed by atoms with E-state index in [1.807, 2.05) is 20.9 Å². The van der Waals surface area contributed by atoms with Crippen molar-refractivity contribution in [2.75, 3.05) is 28.4 Å². The number of carbonyl (C=O) groups is 2. The van der Waals surface area contributed by atoms with Crippen molar-refractivity contribution in [3.63, 3.8) is 0 Å². The number of cyclic esters (lactones) is 1. The zero-order valence-corrected chi connectivity index (χ0v) is 32.0. The maximum Gasteiger partial charge on any atom is 0.306 e. The van der Waals surface area contributed by atoms with E-state index < -0.39 is 12.4 Å². The Morgan fingerprint density at radius 2 is 1.61 bits per heavy atom. The molecule has 11 nitrogen and oxygen atoms in total. The van der Waals surface area contributed by atoms with Crippen LogP contribution in [0.3, 0.4) is 0 Å². The summed E-state index contributed by atoms with van der Waals surface area (Å²) in [6.45, 7) is 8.12. The summed E-state index contributed by atoms with van der Waals surface area (Å²) in [7, 11) is 6.93. The highest BCUT2D eigenvalue weighted by Crippen LogP contribution is 2.54. The topological polar surface area (TPSA) is 120 Å². The summed E-state index contributed by atoms with van der Waals surface area (Å²) in [5.41, 5.74) is 0.761. The molecule has 17 atom stereocenters. The third kappa shape index (κ3) is 8.21. The minimum absolute atomic E-state index is 0.0241. The van der Waals surface area contributed by atoms with E-state index in [2.05, 4.69) is 37.4 Å². The zero-order chi connectivity index (χ0) is 36.4. The van der Waals surface area contributed by atoms with E-state index in [-0.39, 0.29) is 103 Å². The Kier molecular flexibility index (Phi) is 13.1. The maximum absolute atomic E-state index is 14.6. The normalized spacial score (nSPS) is 46.3. The lowest BCUT2D eigenvalue weighted by molar-refractivity contribution is -0.314. The predicted molar refractivity (Wildman–Crippen MR) is 190 cm³/mol. The third-order valence-electron chi connectivity index (χ3n) is 13.0. The van der Waals surface area contributed by atoms with Crippen molar-refractivity contribution >= 4 is 11.8 Å². The van der Waals surface area contributed by atoms with Gasteiger partial charge >= 0.3 is 5.97 Å². The molecule has 1 N–H and O–H groups in total. The first-order valence-electron chi connectivity index (χ1n) is 19.6. The van der Waals surface area contributed by atoms with Gasteiger partial charge in [-0.25, -0.2) is 0 Å². The van der Waals surface area contributed by atoms with E-state index >= 15 is 0 Å². The van der Waals surface area contributed by atoms with Crippen molar-refractivity contribution in [3.05, 3.63) is 23.8 Å². The second kappa shape index (κ2) is 17.2. The number of hydrogen-bond donors (Lipinski definition) is 1. The molecule has 6 aliphatic rings. The van der Waals surface area contributed by atoms with Crippen LogP contribution in [0.5, 0.6) is 0 Å². The molecule has 3 saturated heterocycles. The number of carbonyl (C=O) groups excluding carboxylic acids is 2. The van der Waals surface area contributed by atoms with Gasteiger partial charge in [0.25, 0.3) is 0 Å². The summed E-state index contributed by atoms with van der Waals surface area (Å²) in [5.74, 6) is 0.0185. The molecule has 0 aromatic carbocycles. The lowest BCUT2D eigenvalue weighted by Crippen LogP contribution is -2.59. The summed E-state index contributed by atoms with van der Waals surface area (Å²) < 4.78 is 49.4. The van der Waals surface area contributed by atoms with E-state index in [1.165, 1.54) is 0 Å². The van der Waals surface area contributed by atoms with Crippen molar-refractivity contribution in [1.82, 2.24) is 5.32 Å². The number of esters is 1. The summed E-state index contributed by atoms with van der Waals surface area (Å²) >= 11 is 0. The molecular weight excluding hydrogens is 654 g/mol. The second-order valence-electron chi connectivity index (χ2n) is 15.9. The number of allylic oxidation sites excluding steroid dienone is 4. The zero-order valence-electron chi connectivity index (χ0n) is 32.0.